The van der Waals surface area contributed by atoms with Crippen LogP contribution in [0.15, 0.2) is 0 Å². The highest BCUT2D eigenvalue weighted by Gasteiger charge is 2.32. The van der Waals surface area contributed by atoms with E-state index in [1.54, 1.807) is 4.90 Å². The molecule has 1 N–H and O–H groups in total. The molecule has 0 aromatic heterocycles. The van der Waals surface area contributed by atoms with Crippen molar-refractivity contribution in [3.05, 3.63) is 0 Å². The highest BCUT2D eigenvalue weighted by Crippen LogP contribution is 2.14. The molecule has 0 saturated carbocycles. The maximum atomic E-state index is 12.0. The molecule has 1 amide bonds. The number of sulfonamides is 1. The summed E-state index contributed by atoms with van der Waals surface area (Å²) in [5.41, 5.74) is 0. The van der Waals surface area contributed by atoms with Gasteiger partial charge in [-0.2, -0.15) is 4.31 Å². The van der Waals surface area contributed by atoms with Gasteiger partial charge < -0.3 is 10.2 Å². The Bertz CT molecular complexity index is 401. The zero-order valence-electron chi connectivity index (χ0n) is 10.5. The number of nitrogens with one attached hydrogen (secondary N) is 1. The van der Waals surface area contributed by atoms with Gasteiger partial charge in [-0.3, -0.25) is 4.79 Å². The molecule has 2 saturated heterocycles. The third kappa shape index (κ3) is 3.34. The summed E-state index contributed by atoms with van der Waals surface area (Å²) in [6.07, 6.45) is 0.632. The molecule has 106 valence electrons. The van der Waals surface area contributed by atoms with E-state index < -0.39 is 10.0 Å². The van der Waals surface area contributed by atoms with Gasteiger partial charge in [-0.25, -0.2) is 8.42 Å². The predicted molar refractivity (Wildman–Crippen MR) is 71.3 cm³/mol. The number of nitrogens with zero attached hydrogens (tertiary/aromatic N) is 2. The molecule has 8 heteroatoms. The van der Waals surface area contributed by atoms with Crippen molar-refractivity contribution in [2.45, 2.75) is 19.4 Å². The zero-order valence-corrected chi connectivity index (χ0v) is 12.1. The first kappa shape index (κ1) is 15.7. The molecule has 2 aliphatic heterocycles. The van der Waals surface area contributed by atoms with E-state index in [2.05, 4.69) is 5.32 Å². The predicted octanol–water partition coefficient (Wildman–Crippen LogP) is -0.736. The van der Waals surface area contributed by atoms with Gasteiger partial charge in [-0.1, -0.05) is 0 Å². The van der Waals surface area contributed by atoms with Gasteiger partial charge >= 0.3 is 0 Å². The summed E-state index contributed by atoms with van der Waals surface area (Å²) in [6, 6.07) is 0.140. The molecule has 0 bridgehead atoms. The van der Waals surface area contributed by atoms with E-state index in [9.17, 15) is 13.2 Å². The molecule has 0 aromatic rings. The van der Waals surface area contributed by atoms with Crippen molar-refractivity contribution >= 4 is 28.3 Å². The fraction of sp³-hybridized carbons (Fsp3) is 0.900. The normalized spacial score (nSPS) is 27.8. The highest BCUT2D eigenvalue weighted by atomic mass is 35.5. The van der Waals surface area contributed by atoms with Crippen LogP contribution in [0.3, 0.4) is 0 Å². The lowest BCUT2D eigenvalue weighted by molar-refractivity contribution is -0.134. The molecular formula is C10H20ClN3O3S. The Morgan fingerprint density at radius 2 is 2.11 bits per heavy atom. The lowest BCUT2D eigenvalue weighted by atomic mass is 10.2. The van der Waals surface area contributed by atoms with E-state index in [1.807, 2.05) is 6.92 Å². The molecule has 0 spiro atoms. The van der Waals surface area contributed by atoms with Crippen LogP contribution in [0.4, 0.5) is 0 Å². The van der Waals surface area contributed by atoms with Crippen molar-refractivity contribution in [2.24, 2.45) is 0 Å². The van der Waals surface area contributed by atoms with Gasteiger partial charge in [0.15, 0.2) is 0 Å². The molecule has 18 heavy (non-hydrogen) atoms. The summed E-state index contributed by atoms with van der Waals surface area (Å²) in [4.78, 5) is 13.8. The van der Waals surface area contributed by atoms with Crippen LogP contribution < -0.4 is 5.32 Å². The second kappa shape index (κ2) is 6.18. The first-order valence-electron chi connectivity index (χ1n) is 5.99. The second-order valence-electron chi connectivity index (χ2n) is 4.64. The Hall–Kier alpha value is -0.370. The summed E-state index contributed by atoms with van der Waals surface area (Å²) in [5.74, 6) is 0.0988. The largest absolute Gasteiger partial charge is 0.336 e. The van der Waals surface area contributed by atoms with Gasteiger partial charge in [0.05, 0.1) is 12.3 Å². The third-order valence-electron chi connectivity index (χ3n) is 3.34. The fourth-order valence-electron chi connectivity index (χ4n) is 2.32. The van der Waals surface area contributed by atoms with Crippen molar-refractivity contribution in [3.8, 4) is 0 Å². The number of carbonyl (C=O) groups excluding carboxylic acids is 1. The van der Waals surface area contributed by atoms with Crippen molar-refractivity contribution in [2.75, 3.05) is 38.5 Å². The van der Waals surface area contributed by atoms with Crippen LogP contribution in [-0.2, 0) is 14.8 Å². The molecule has 1 atom stereocenters. The summed E-state index contributed by atoms with van der Waals surface area (Å²) < 4.78 is 24.5. The molecule has 2 fully saturated rings. The van der Waals surface area contributed by atoms with Crippen molar-refractivity contribution in [1.82, 2.24) is 14.5 Å². The van der Waals surface area contributed by atoms with Crippen molar-refractivity contribution in [1.29, 1.82) is 0 Å². The molecule has 0 unspecified atom stereocenters. The molecule has 0 aliphatic carbocycles. The number of halogens is 1. The molecule has 0 radical (unpaired) electrons. The highest BCUT2D eigenvalue weighted by molar-refractivity contribution is 7.89. The third-order valence-corrected chi connectivity index (χ3v) is 5.24. The number of hydrogen-bond acceptors (Lipinski definition) is 4. The summed E-state index contributed by atoms with van der Waals surface area (Å²) in [6.45, 7) is 4.68. The van der Waals surface area contributed by atoms with Crippen LogP contribution in [0.5, 0.6) is 0 Å². The van der Waals surface area contributed by atoms with Crippen LogP contribution >= 0.6 is 12.4 Å². The lowest BCUT2D eigenvalue weighted by Gasteiger charge is -2.34. The number of piperazine rings is 1. The quantitative estimate of drug-likeness (QED) is 0.729. The Balaban J connectivity index is 0.00000162. The van der Waals surface area contributed by atoms with Gasteiger partial charge in [0.2, 0.25) is 15.9 Å². The molecule has 2 aliphatic rings. The van der Waals surface area contributed by atoms with E-state index in [4.69, 9.17) is 0 Å². The average Bonchev–Trinajstić information content (AvgIpc) is 2.59. The Morgan fingerprint density at radius 3 is 2.67 bits per heavy atom. The molecule has 0 aromatic carbocycles. The minimum Gasteiger partial charge on any atom is -0.336 e. The van der Waals surface area contributed by atoms with E-state index in [0.29, 0.717) is 19.5 Å². The molecule has 2 heterocycles. The number of rotatable bonds is 2. The number of carbonyl (C=O) groups is 1. The standard InChI is InChI=1S/C10H19N3O3S.ClH/c1-9-7-11-3-5-13(9)10(14)8-12-4-2-6-17(12,15)16;/h9,11H,2-8H2,1H3;1H/t9-;/m1./s1. The molecule has 6 nitrogen and oxygen atoms in total. The first-order valence-corrected chi connectivity index (χ1v) is 7.59. The number of hydrogen-bond donors (Lipinski definition) is 1. The monoisotopic (exact) mass is 297 g/mol. The Labute approximate surface area is 114 Å². The first-order chi connectivity index (χ1) is 8.00. The minimum atomic E-state index is -3.17. The van der Waals surface area contributed by atoms with Crippen LogP contribution in [0, 0.1) is 0 Å². The second-order valence-corrected chi connectivity index (χ2v) is 6.73. The van der Waals surface area contributed by atoms with Crippen molar-refractivity contribution < 1.29 is 13.2 Å². The smallest absolute Gasteiger partial charge is 0.238 e. The van der Waals surface area contributed by atoms with Gasteiger partial charge in [0, 0.05) is 32.2 Å². The van der Waals surface area contributed by atoms with Crippen molar-refractivity contribution in [3.63, 3.8) is 0 Å². The van der Waals surface area contributed by atoms with E-state index >= 15 is 0 Å². The van der Waals surface area contributed by atoms with Gasteiger partial charge in [-0.15, -0.1) is 12.4 Å². The van der Waals surface area contributed by atoms with Gasteiger partial charge in [0.1, 0.15) is 0 Å². The average molecular weight is 298 g/mol. The summed E-state index contributed by atoms with van der Waals surface area (Å²) >= 11 is 0. The van der Waals surface area contributed by atoms with E-state index in [1.165, 1.54) is 4.31 Å². The molecular weight excluding hydrogens is 278 g/mol. The van der Waals surface area contributed by atoms with Gasteiger partial charge in [0.25, 0.3) is 0 Å². The summed E-state index contributed by atoms with van der Waals surface area (Å²) in [5, 5.41) is 3.20. The Morgan fingerprint density at radius 1 is 1.39 bits per heavy atom. The lowest BCUT2D eigenvalue weighted by Crippen LogP contribution is -2.54. The summed E-state index contributed by atoms with van der Waals surface area (Å²) in [7, 11) is -3.17. The van der Waals surface area contributed by atoms with E-state index in [-0.39, 0.29) is 36.7 Å². The van der Waals surface area contributed by atoms with Crippen LogP contribution in [0.25, 0.3) is 0 Å². The number of amides is 1. The van der Waals surface area contributed by atoms with Crippen LogP contribution in [-0.4, -0.2) is 68.0 Å². The Kier molecular flexibility index (Phi) is 5.39. The fourth-order valence-corrected chi connectivity index (χ4v) is 3.79. The maximum Gasteiger partial charge on any atom is 0.238 e. The van der Waals surface area contributed by atoms with Crippen LogP contribution in [0.1, 0.15) is 13.3 Å². The topological polar surface area (TPSA) is 69.7 Å². The zero-order chi connectivity index (χ0) is 12.5. The van der Waals surface area contributed by atoms with Crippen LogP contribution in [0.2, 0.25) is 0 Å². The van der Waals surface area contributed by atoms with Gasteiger partial charge in [-0.05, 0) is 13.3 Å². The maximum absolute atomic E-state index is 12.0. The molecule has 2 rings (SSSR count). The SMILES string of the molecule is C[C@@H]1CNCCN1C(=O)CN1CCCS1(=O)=O.Cl. The minimum absolute atomic E-state index is 0. The van der Waals surface area contributed by atoms with E-state index in [0.717, 1.165) is 13.1 Å².